The summed E-state index contributed by atoms with van der Waals surface area (Å²) in [6, 6.07) is 6.70. The number of nitrogens with one attached hydrogen (secondary N) is 1. The number of benzene rings is 1. The zero-order valence-corrected chi connectivity index (χ0v) is 17.7. The first kappa shape index (κ1) is 19.3. The van der Waals surface area contributed by atoms with E-state index in [0.29, 0.717) is 30.8 Å². The molecule has 2 saturated heterocycles. The molecule has 158 valence electrons. The molecule has 0 bridgehead atoms. The van der Waals surface area contributed by atoms with E-state index in [-0.39, 0.29) is 0 Å². The van der Waals surface area contributed by atoms with Crippen LogP contribution in [0.1, 0.15) is 36.8 Å². The quantitative estimate of drug-likeness (QED) is 0.684. The van der Waals surface area contributed by atoms with Gasteiger partial charge in [0.1, 0.15) is 5.82 Å². The van der Waals surface area contributed by atoms with Crippen LogP contribution in [0.15, 0.2) is 24.4 Å². The molecule has 8 heteroatoms. The zero-order valence-electron chi connectivity index (χ0n) is 17.7. The molecule has 2 N–H and O–H groups in total. The van der Waals surface area contributed by atoms with Crippen LogP contribution in [0.5, 0.6) is 6.01 Å². The van der Waals surface area contributed by atoms with E-state index in [2.05, 4.69) is 39.4 Å². The number of hydrogen-bond acceptors (Lipinski definition) is 7. The third kappa shape index (κ3) is 3.40. The highest BCUT2D eigenvalue weighted by atomic mass is 16.5. The molecule has 8 nitrogen and oxygen atoms in total. The number of anilines is 1. The molecule has 0 amide bonds. The number of aryl methyl sites for hydroxylation is 1. The minimum absolute atomic E-state index is 0.295. The van der Waals surface area contributed by atoms with Gasteiger partial charge < -0.3 is 20.1 Å². The number of hydrogen-bond donors (Lipinski definition) is 2. The van der Waals surface area contributed by atoms with Gasteiger partial charge in [0, 0.05) is 24.5 Å². The van der Waals surface area contributed by atoms with E-state index >= 15 is 0 Å². The highest BCUT2D eigenvalue weighted by Gasteiger charge is 2.37. The summed E-state index contributed by atoms with van der Waals surface area (Å²) >= 11 is 0. The number of methoxy groups -OCH3 is 1. The van der Waals surface area contributed by atoms with Crippen molar-refractivity contribution in [3.63, 3.8) is 0 Å². The maximum Gasteiger partial charge on any atom is 0.320 e. The van der Waals surface area contributed by atoms with Gasteiger partial charge in [-0.2, -0.15) is 15.1 Å². The minimum atomic E-state index is -0.683. The molecule has 0 aliphatic carbocycles. The fraction of sp³-hybridized carbons (Fsp3) is 0.500. The molecule has 4 heterocycles. The summed E-state index contributed by atoms with van der Waals surface area (Å²) in [6.07, 6.45) is 4.19. The second-order valence-corrected chi connectivity index (χ2v) is 8.77. The van der Waals surface area contributed by atoms with Crippen LogP contribution in [0, 0.1) is 6.92 Å². The number of nitrogens with zero attached hydrogens (tertiary/aromatic N) is 5. The van der Waals surface area contributed by atoms with Crippen LogP contribution in [-0.2, 0) is 0 Å². The first-order valence-corrected chi connectivity index (χ1v) is 10.5. The van der Waals surface area contributed by atoms with Crippen molar-refractivity contribution in [2.75, 3.05) is 38.2 Å². The minimum Gasteiger partial charge on any atom is -0.467 e. The zero-order chi connectivity index (χ0) is 20.9. The molecule has 30 heavy (non-hydrogen) atoms. The van der Waals surface area contributed by atoms with Gasteiger partial charge >= 0.3 is 6.01 Å². The van der Waals surface area contributed by atoms with Gasteiger partial charge in [-0.05, 0) is 69.0 Å². The van der Waals surface area contributed by atoms with Crippen molar-refractivity contribution >= 4 is 16.7 Å². The summed E-state index contributed by atoms with van der Waals surface area (Å²) in [4.78, 5) is 11.0. The Balaban J connectivity index is 1.57. The summed E-state index contributed by atoms with van der Waals surface area (Å²) in [5, 5.41) is 19.3. The Morgan fingerprint density at radius 2 is 1.87 bits per heavy atom. The number of ether oxygens (including phenoxy) is 1. The van der Waals surface area contributed by atoms with E-state index in [1.54, 1.807) is 7.11 Å². The van der Waals surface area contributed by atoms with Gasteiger partial charge in [0.2, 0.25) is 0 Å². The maximum absolute atomic E-state index is 10.1. The second-order valence-electron chi connectivity index (χ2n) is 8.77. The Morgan fingerprint density at radius 3 is 2.57 bits per heavy atom. The number of aliphatic hydroxyl groups is 1. The molecule has 2 aromatic heterocycles. The molecule has 2 fully saturated rings. The van der Waals surface area contributed by atoms with Crippen LogP contribution in [0.25, 0.3) is 16.7 Å². The van der Waals surface area contributed by atoms with Crippen LogP contribution in [0.2, 0.25) is 0 Å². The lowest BCUT2D eigenvalue weighted by molar-refractivity contribution is 0.0304. The molecule has 3 aromatic rings. The highest BCUT2D eigenvalue weighted by molar-refractivity contribution is 5.82. The van der Waals surface area contributed by atoms with Crippen LogP contribution >= 0.6 is 0 Å². The molecule has 0 radical (unpaired) electrons. The Hall–Kier alpha value is -2.71. The molecular formula is C22H28N6O2. The molecule has 2 aliphatic rings. The SMILES string of the molecule is COc1nc(N2CC(C)(O)C2)cc(-n2ncc3cc(C)c(C4CCNCC4)cc32)n1. The molecule has 5 rings (SSSR count). The Bertz CT molecular complexity index is 1080. The number of rotatable bonds is 4. The van der Waals surface area contributed by atoms with Gasteiger partial charge in [-0.1, -0.05) is 0 Å². The summed E-state index contributed by atoms with van der Waals surface area (Å²) in [7, 11) is 1.56. The van der Waals surface area contributed by atoms with E-state index < -0.39 is 5.60 Å². The van der Waals surface area contributed by atoms with Crippen LogP contribution in [0.3, 0.4) is 0 Å². The number of piperidine rings is 1. The largest absolute Gasteiger partial charge is 0.467 e. The van der Waals surface area contributed by atoms with Crippen LogP contribution in [-0.4, -0.2) is 63.7 Å². The van der Waals surface area contributed by atoms with Gasteiger partial charge in [-0.15, -0.1) is 0 Å². The predicted molar refractivity (Wildman–Crippen MR) is 116 cm³/mol. The van der Waals surface area contributed by atoms with Gasteiger partial charge in [0.15, 0.2) is 5.82 Å². The van der Waals surface area contributed by atoms with Gasteiger partial charge in [0.05, 0.1) is 24.4 Å². The van der Waals surface area contributed by atoms with Crippen molar-refractivity contribution in [3.05, 3.63) is 35.5 Å². The third-order valence-electron chi connectivity index (χ3n) is 6.20. The van der Waals surface area contributed by atoms with Gasteiger partial charge in [-0.3, -0.25) is 0 Å². The normalized spacial score (nSPS) is 19.1. The van der Waals surface area contributed by atoms with Crippen molar-refractivity contribution in [1.29, 1.82) is 0 Å². The number of β-amino-alcohol motifs (C(OH)–C–C–N with tert-alkyl or cyclic N) is 1. The molecule has 0 spiro atoms. The Morgan fingerprint density at radius 1 is 1.13 bits per heavy atom. The predicted octanol–water partition coefficient (Wildman–Crippen LogP) is 2.17. The topological polar surface area (TPSA) is 88.3 Å². The summed E-state index contributed by atoms with van der Waals surface area (Å²) in [6.45, 7) is 7.21. The summed E-state index contributed by atoms with van der Waals surface area (Å²) in [5.74, 6) is 1.97. The lowest BCUT2D eigenvalue weighted by Gasteiger charge is -2.44. The second kappa shape index (κ2) is 7.21. The van der Waals surface area contributed by atoms with Gasteiger partial charge in [-0.25, -0.2) is 4.68 Å². The molecular weight excluding hydrogens is 380 g/mol. The Labute approximate surface area is 175 Å². The summed E-state index contributed by atoms with van der Waals surface area (Å²) < 4.78 is 7.22. The van der Waals surface area contributed by atoms with Crippen molar-refractivity contribution < 1.29 is 9.84 Å². The van der Waals surface area contributed by atoms with E-state index in [4.69, 9.17) is 4.74 Å². The molecule has 0 unspecified atom stereocenters. The number of fused-ring (bicyclic) bond motifs is 1. The van der Waals surface area contributed by atoms with E-state index in [1.807, 2.05) is 28.8 Å². The number of aromatic nitrogens is 4. The van der Waals surface area contributed by atoms with Crippen molar-refractivity contribution in [1.82, 2.24) is 25.1 Å². The Kier molecular flexibility index (Phi) is 4.63. The van der Waals surface area contributed by atoms with E-state index in [0.717, 1.165) is 42.7 Å². The smallest absolute Gasteiger partial charge is 0.320 e. The average molecular weight is 409 g/mol. The third-order valence-corrected chi connectivity index (χ3v) is 6.20. The molecule has 0 atom stereocenters. The van der Waals surface area contributed by atoms with Crippen molar-refractivity contribution in [2.45, 2.75) is 38.2 Å². The molecule has 0 saturated carbocycles. The molecule has 1 aromatic carbocycles. The van der Waals surface area contributed by atoms with E-state index in [9.17, 15) is 5.11 Å². The van der Waals surface area contributed by atoms with Crippen molar-refractivity contribution in [2.24, 2.45) is 0 Å². The standard InChI is InChI=1S/C22H28N6O2/c1-14-8-16-11-24-28(18(16)9-17(14)15-4-6-23-7-5-15)20-10-19(25-21(26-20)30-3)27-12-22(2,29)13-27/h8-11,15,23,29H,4-7,12-13H2,1-3H3. The monoisotopic (exact) mass is 408 g/mol. The van der Waals surface area contributed by atoms with Crippen LogP contribution in [0.4, 0.5) is 5.82 Å². The van der Waals surface area contributed by atoms with E-state index in [1.165, 1.54) is 11.1 Å². The first-order valence-electron chi connectivity index (χ1n) is 10.5. The average Bonchev–Trinajstić information content (AvgIpc) is 3.14. The lowest BCUT2D eigenvalue weighted by atomic mass is 9.87. The molecule has 2 aliphatic heterocycles. The highest BCUT2D eigenvalue weighted by Crippen LogP contribution is 2.33. The van der Waals surface area contributed by atoms with Gasteiger partial charge in [0.25, 0.3) is 0 Å². The first-order chi connectivity index (χ1) is 14.4. The van der Waals surface area contributed by atoms with Crippen molar-refractivity contribution in [3.8, 4) is 11.8 Å². The fourth-order valence-corrected chi connectivity index (χ4v) is 4.66. The fourth-order valence-electron chi connectivity index (χ4n) is 4.66. The van der Waals surface area contributed by atoms with Crippen LogP contribution < -0.4 is 15.0 Å². The lowest BCUT2D eigenvalue weighted by Crippen LogP contribution is -2.60. The summed E-state index contributed by atoms with van der Waals surface area (Å²) in [5.41, 5.74) is 3.07. The maximum atomic E-state index is 10.1.